The topological polar surface area (TPSA) is 47.6 Å². The van der Waals surface area contributed by atoms with Gasteiger partial charge in [-0.2, -0.15) is 13.2 Å². The summed E-state index contributed by atoms with van der Waals surface area (Å²) in [5.74, 6) is -0.749. The number of hydrogen-bond acceptors (Lipinski definition) is 3. The van der Waals surface area contributed by atoms with Crippen molar-refractivity contribution in [1.29, 1.82) is 0 Å². The van der Waals surface area contributed by atoms with Gasteiger partial charge < -0.3 is 14.5 Å². The van der Waals surface area contributed by atoms with Crippen LogP contribution in [-0.2, 0) is 11.2 Å². The van der Waals surface area contributed by atoms with Gasteiger partial charge in [-0.25, -0.2) is 0 Å². The Kier molecular flexibility index (Phi) is 5.87. The van der Waals surface area contributed by atoms with Gasteiger partial charge in [0.1, 0.15) is 11.5 Å². The highest BCUT2D eigenvalue weighted by Gasteiger charge is 2.38. The predicted molar refractivity (Wildman–Crippen MR) is 79.7 cm³/mol. The van der Waals surface area contributed by atoms with E-state index in [-0.39, 0.29) is 13.0 Å². The molecule has 0 spiro atoms. The van der Waals surface area contributed by atoms with Crippen LogP contribution in [-0.4, -0.2) is 34.1 Å². The highest BCUT2D eigenvalue weighted by molar-refractivity contribution is 6.70. The Balaban J connectivity index is 2.70. The first kappa shape index (κ1) is 18.3. The Morgan fingerprint density at radius 3 is 2.41 bits per heavy atom. The van der Waals surface area contributed by atoms with Crippen LogP contribution in [0.1, 0.15) is 5.56 Å². The van der Waals surface area contributed by atoms with Gasteiger partial charge in [0.2, 0.25) is 8.32 Å². The summed E-state index contributed by atoms with van der Waals surface area (Å²) in [5.41, 5.74) is 0.702. The van der Waals surface area contributed by atoms with Crippen LogP contribution in [0.2, 0.25) is 19.6 Å². The van der Waals surface area contributed by atoms with Gasteiger partial charge in [-0.3, -0.25) is 4.79 Å². The molecule has 8 heteroatoms. The average Bonchev–Trinajstić information content (AvgIpc) is 2.37. The molecule has 1 amide bonds. The third-order valence-corrected chi connectivity index (χ3v) is 3.47. The molecule has 1 N–H and O–H groups in total. The largest absolute Gasteiger partial charge is 0.544 e. The van der Waals surface area contributed by atoms with E-state index in [2.05, 4.69) is 0 Å². The van der Waals surface area contributed by atoms with Crippen LogP contribution >= 0.6 is 0 Å². The Labute approximate surface area is 128 Å². The average molecular weight is 335 g/mol. The van der Waals surface area contributed by atoms with Crippen LogP contribution in [0, 0.1) is 0 Å². The number of hydrogen-bond donors (Lipinski definition) is 1. The molecule has 124 valence electrons. The molecule has 22 heavy (non-hydrogen) atoms. The van der Waals surface area contributed by atoms with Gasteiger partial charge in [-0.1, -0.05) is 6.07 Å². The van der Waals surface area contributed by atoms with Crippen molar-refractivity contribution in [2.24, 2.45) is 0 Å². The van der Waals surface area contributed by atoms with Crippen LogP contribution < -0.4 is 14.5 Å². The monoisotopic (exact) mass is 335 g/mol. The second-order valence-corrected chi connectivity index (χ2v) is 10.1. The summed E-state index contributed by atoms with van der Waals surface area (Å²) >= 11 is 0. The number of halogens is 3. The quantitative estimate of drug-likeness (QED) is 0.813. The minimum absolute atomic E-state index is 0.122. The van der Waals surface area contributed by atoms with E-state index in [0.717, 1.165) is 0 Å². The molecule has 0 radical (unpaired) electrons. The number of amides is 1. The Bertz CT molecular complexity index is 527. The molecule has 0 fully saturated rings. The molecule has 0 aliphatic carbocycles. The number of ether oxygens (including phenoxy) is 1. The first-order valence-corrected chi connectivity index (χ1v) is 10.1. The van der Waals surface area contributed by atoms with Gasteiger partial charge in [-0.15, -0.1) is 0 Å². The maximum atomic E-state index is 12.1. The molecule has 0 saturated heterocycles. The first-order valence-electron chi connectivity index (χ1n) is 6.74. The summed E-state index contributed by atoms with van der Waals surface area (Å²) in [4.78, 5) is 10.7. The zero-order chi connectivity index (χ0) is 17.0. The molecule has 0 aromatic heterocycles. The standard InChI is InChI=1S/C14H20F3NO3Si/c1-20-12-9-11(21-22(2,3)4)6-5-10(12)7-8-18-13(19)14(15,16)17/h5-6,9H,7-8H2,1-4H3,(H,18,19). The van der Waals surface area contributed by atoms with Crippen molar-refractivity contribution in [3.05, 3.63) is 23.8 Å². The SMILES string of the molecule is COc1cc(O[Si](C)(C)C)ccc1CCNC(=O)C(F)(F)F. The molecule has 4 nitrogen and oxygen atoms in total. The van der Waals surface area contributed by atoms with Crippen LogP contribution in [0.4, 0.5) is 13.2 Å². The summed E-state index contributed by atoms with van der Waals surface area (Å²) in [6, 6.07) is 5.19. The molecular weight excluding hydrogens is 315 g/mol. The van der Waals surface area contributed by atoms with E-state index in [0.29, 0.717) is 17.1 Å². The third-order valence-electron chi connectivity index (χ3n) is 2.62. The van der Waals surface area contributed by atoms with Crippen molar-refractivity contribution in [2.75, 3.05) is 13.7 Å². The van der Waals surface area contributed by atoms with E-state index in [1.807, 2.05) is 25.0 Å². The lowest BCUT2D eigenvalue weighted by Crippen LogP contribution is -2.37. The summed E-state index contributed by atoms with van der Waals surface area (Å²) < 4.78 is 47.3. The van der Waals surface area contributed by atoms with Gasteiger partial charge in [-0.05, 0) is 37.7 Å². The van der Waals surface area contributed by atoms with Gasteiger partial charge >= 0.3 is 12.1 Å². The van der Waals surface area contributed by atoms with Crippen molar-refractivity contribution < 1.29 is 27.1 Å². The molecule has 0 aliphatic heterocycles. The van der Waals surface area contributed by atoms with E-state index in [1.54, 1.807) is 18.2 Å². The molecule has 1 rings (SSSR count). The lowest BCUT2D eigenvalue weighted by Gasteiger charge is -2.20. The maximum Gasteiger partial charge on any atom is 0.471 e. The number of nitrogens with one attached hydrogen (secondary N) is 1. The Hall–Kier alpha value is -1.70. The van der Waals surface area contributed by atoms with Crippen LogP contribution in [0.3, 0.4) is 0 Å². The second kappa shape index (κ2) is 7.04. The smallest absolute Gasteiger partial charge is 0.471 e. The summed E-state index contributed by atoms with van der Waals surface area (Å²) in [5, 5.41) is 1.83. The van der Waals surface area contributed by atoms with E-state index in [1.165, 1.54) is 7.11 Å². The number of methoxy groups -OCH3 is 1. The van der Waals surface area contributed by atoms with Gasteiger partial charge in [0.05, 0.1) is 7.11 Å². The number of alkyl halides is 3. The minimum atomic E-state index is -4.86. The Morgan fingerprint density at radius 2 is 1.91 bits per heavy atom. The normalized spacial score (nSPS) is 12.0. The van der Waals surface area contributed by atoms with E-state index >= 15 is 0 Å². The number of carbonyl (C=O) groups is 1. The number of benzene rings is 1. The van der Waals surface area contributed by atoms with Crippen molar-refractivity contribution in [3.63, 3.8) is 0 Å². The summed E-state index contributed by atoms with van der Waals surface area (Å²) in [6.45, 7) is 6.00. The summed E-state index contributed by atoms with van der Waals surface area (Å²) in [7, 11) is -0.272. The van der Waals surface area contributed by atoms with Crippen molar-refractivity contribution in [2.45, 2.75) is 32.2 Å². The summed E-state index contributed by atoms with van der Waals surface area (Å²) in [6.07, 6.45) is -4.63. The molecule has 0 aliphatic rings. The van der Waals surface area contributed by atoms with E-state index in [9.17, 15) is 18.0 Å². The maximum absolute atomic E-state index is 12.1. The lowest BCUT2D eigenvalue weighted by atomic mass is 10.1. The predicted octanol–water partition coefficient (Wildman–Crippen LogP) is 3.13. The highest BCUT2D eigenvalue weighted by atomic mass is 28.4. The zero-order valence-electron chi connectivity index (χ0n) is 13.0. The fraction of sp³-hybridized carbons (Fsp3) is 0.500. The van der Waals surface area contributed by atoms with Crippen molar-refractivity contribution in [1.82, 2.24) is 5.32 Å². The molecule has 0 bridgehead atoms. The van der Waals surface area contributed by atoms with Crippen LogP contribution in [0.5, 0.6) is 11.5 Å². The molecule has 0 saturated carbocycles. The molecule has 0 heterocycles. The molecule has 1 aromatic carbocycles. The highest BCUT2D eigenvalue weighted by Crippen LogP contribution is 2.26. The van der Waals surface area contributed by atoms with E-state index in [4.69, 9.17) is 9.16 Å². The van der Waals surface area contributed by atoms with Gasteiger partial charge in [0, 0.05) is 12.6 Å². The number of carbonyl (C=O) groups excluding carboxylic acids is 1. The molecule has 0 atom stereocenters. The van der Waals surface area contributed by atoms with Crippen LogP contribution in [0.25, 0.3) is 0 Å². The molecule has 1 aromatic rings. The van der Waals surface area contributed by atoms with Gasteiger partial charge in [0.25, 0.3) is 0 Å². The minimum Gasteiger partial charge on any atom is -0.544 e. The lowest BCUT2D eigenvalue weighted by molar-refractivity contribution is -0.173. The van der Waals surface area contributed by atoms with Crippen LogP contribution in [0.15, 0.2) is 18.2 Å². The van der Waals surface area contributed by atoms with Crippen molar-refractivity contribution in [3.8, 4) is 11.5 Å². The second-order valence-electron chi connectivity index (χ2n) is 5.69. The molecular formula is C14H20F3NO3Si. The van der Waals surface area contributed by atoms with Gasteiger partial charge in [0.15, 0.2) is 0 Å². The van der Waals surface area contributed by atoms with Crippen molar-refractivity contribution >= 4 is 14.2 Å². The fourth-order valence-electron chi connectivity index (χ4n) is 1.76. The zero-order valence-corrected chi connectivity index (χ0v) is 14.0. The molecule has 0 unspecified atom stereocenters. The third kappa shape index (κ3) is 5.96. The number of rotatable bonds is 6. The first-order chi connectivity index (χ1) is 10.0. The Morgan fingerprint density at radius 1 is 1.27 bits per heavy atom. The fourth-order valence-corrected chi connectivity index (χ4v) is 2.59. The van der Waals surface area contributed by atoms with E-state index < -0.39 is 20.4 Å².